The third-order valence-electron chi connectivity index (χ3n) is 7.60. The lowest BCUT2D eigenvalue weighted by molar-refractivity contribution is -0.191. The van der Waals surface area contributed by atoms with Crippen LogP contribution in [0.3, 0.4) is 0 Å². The Balaban J connectivity index is 0.000000848. The van der Waals surface area contributed by atoms with Crippen molar-refractivity contribution in [1.29, 1.82) is 0 Å². The van der Waals surface area contributed by atoms with Crippen LogP contribution in [0.5, 0.6) is 0 Å². The number of carbonyl (C=O) groups is 1. The van der Waals surface area contributed by atoms with Crippen LogP contribution in [0, 0.1) is 0 Å². The number of para-hydroxylation sites is 1. The van der Waals surface area contributed by atoms with Crippen molar-refractivity contribution in [2.45, 2.75) is 63.6 Å². The summed E-state index contributed by atoms with van der Waals surface area (Å²) in [4.78, 5) is 38.0. The molecule has 8 heteroatoms. The van der Waals surface area contributed by atoms with Crippen molar-refractivity contribution < 1.29 is 19.1 Å². The maximum atomic E-state index is 12.6. The van der Waals surface area contributed by atoms with Gasteiger partial charge in [0.2, 0.25) is 0 Å². The van der Waals surface area contributed by atoms with Gasteiger partial charge in [0.05, 0.1) is 6.54 Å². The van der Waals surface area contributed by atoms with E-state index < -0.39 is 0 Å². The molecular weight excluding hydrogens is 456 g/mol. The molecule has 2 aromatic heterocycles. The van der Waals surface area contributed by atoms with Gasteiger partial charge < -0.3 is 9.30 Å². The number of anilines is 1. The van der Waals surface area contributed by atoms with E-state index in [0.717, 1.165) is 43.8 Å². The Morgan fingerprint density at radius 1 is 1.11 bits per heavy atom. The predicted octanol–water partition coefficient (Wildman–Crippen LogP) is 4.90. The highest BCUT2D eigenvalue weighted by atomic mass is 16.6. The molecule has 1 aromatic carbocycles. The van der Waals surface area contributed by atoms with Gasteiger partial charge in [0.1, 0.15) is 11.2 Å². The molecule has 6 rings (SSSR count). The van der Waals surface area contributed by atoms with E-state index >= 15 is 0 Å². The molecule has 1 spiro atoms. The van der Waals surface area contributed by atoms with Crippen molar-refractivity contribution in [3.05, 3.63) is 59.9 Å². The Hall–Kier alpha value is -3.48. The summed E-state index contributed by atoms with van der Waals surface area (Å²) in [5, 5.41) is 1.37. The zero-order valence-corrected chi connectivity index (χ0v) is 20.9. The molecule has 0 N–H and O–H groups in total. The van der Waals surface area contributed by atoms with Crippen molar-refractivity contribution in [2.75, 3.05) is 24.5 Å². The summed E-state index contributed by atoms with van der Waals surface area (Å²) in [6.45, 7) is 7.89. The van der Waals surface area contributed by atoms with Crippen LogP contribution in [0.4, 0.5) is 10.5 Å². The predicted molar refractivity (Wildman–Crippen MR) is 135 cm³/mol. The first-order valence-corrected chi connectivity index (χ1v) is 12.7. The third-order valence-corrected chi connectivity index (χ3v) is 7.60. The van der Waals surface area contributed by atoms with Crippen LogP contribution in [-0.2, 0) is 20.9 Å². The van der Waals surface area contributed by atoms with E-state index in [1.807, 2.05) is 36.5 Å². The van der Waals surface area contributed by atoms with Crippen LogP contribution in [0.2, 0.25) is 0 Å². The molecule has 3 fully saturated rings. The van der Waals surface area contributed by atoms with Gasteiger partial charge in [0.25, 0.3) is 0 Å². The Bertz CT molecular complexity index is 1270. The van der Waals surface area contributed by atoms with Gasteiger partial charge in [-0.2, -0.15) is 9.59 Å². The van der Waals surface area contributed by atoms with Crippen LogP contribution in [0.15, 0.2) is 48.8 Å². The topological polar surface area (TPSA) is 84.7 Å². The van der Waals surface area contributed by atoms with Crippen molar-refractivity contribution in [3.63, 3.8) is 0 Å². The molecule has 3 aliphatic rings. The standard InChI is InChI=1S/C27H32N4O2.CO2/c1-19(2)30-17-21(24-23(20-8-9-20)10-13-28-25(24)30)16-29-14-11-27(12-15-29)18-31(26(32)33-27)22-6-4-3-5-7-22;2-1-3/h3-7,10,13,17,19-20H,8-9,11-12,14-16,18H2,1-2H3;. The fourth-order valence-electron chi connectivity index (χ4n) is 5.58. The number of pyridine rings is 1. The largest absolute Gasteiger partial charge is 0.441 e. The average molecular weight is 489 g/mol. The minimum absolute atomic E-state index is 0.213. The molecule has 0 unspecified atom stereocenters. The summed E-state index contributed by atoms with van der Waals surface area (Å²) >= 11 is 0. The summed E-state index contributed by atoms with van der Waals surface area (Å²) < 4.78 is 8.30. The zero-order valence-electron chi connectivity index (χ0n) is 20.9. The SMILES string of the molecule is CC(C)n1cc(CN2CCC3(CC2)CN(c2ccccc2)C(=O)O3)c2c(C3CC3)ccnc21.O=C=O. The van der Waals surface area contributed by atoms with Crippen LogP contribution < -0.4 is 4.90 Å². The molecule has 0 radical (unpaired) electrons. The molecule has 1 amide bonds. The molecule has 8 nitrogen and oxygen atoms in total. The van der Waals surface area contributed by atoms with Crippen molar-refractivity contribution in [3.8, 4) is 0 Å². The molecule has 1 saturated carbocycles. The lowest BCUT2D eigenvalue weighted by Gasteiger charge is -2.37. The van der Waals surface area contributed by atoms with Gasteiger partial charge in [-0.25, -0.2) is 9.78 Å². The number of benzene rings is 1. The minimum Gasteiger partial charge on any atom is -0.441 e. The van der Waals surface area contributed by atoms with E-state index in [2.05, 4.69) is 35.6 Å². The number of aromatic nitrogens is 2. The number of likely N-dealkylation sites (tertiary alicyclic amines) is 1. The van der Waals surface area contributed by atoms with Crippen LogP contribution in [0.1, 0.15) is 62.6 Å². The van der Waals surface area contributed by atoms with Gasteiger partial charge >= 0.3 is 12.2 Å². The average Bonchev–Trinajstić information content (AvgIpc) is 3.59. The maximum Gasteiger partial charge on any atom is 0.415 e. The summed E-state index contributed by atoms with van der Waals surface area (Å²) in [7, 11) is 0. The van der Waals surface area contributed by atoms with E-state index in [1.165, 1.54) is 29.4 Å². The van der Waals surface area contributed by atoms with Crippen molar-refractivity contribution in [1.82, 2.24) is 14.5 Å². The Morgan fingerprint density at radius 3 is 2.44 bits per heavy atom. The van der Waals surface area contributed by atoms with Crippen LogP contribution in [-0.4, -0.2) is 51.9 Å². The quantitative estimate of drug-likeness (QED) is 0.508. The second-order valence-corrected chi connectivity index (χ2v) is 10.4. The van der Waals surface area contributed by atoms with E-state index in [9.17, 15) is 4.79 Å². The number of piperidine rings is 1. The molecule has 188 valence electrons. The van der Waals surface area contributed by atoms with Gasteiger partial charge in [-0.15, -0.1) is 0 Å². The number of hydrogen-bond acceptors (Lipinski definition) is 6. The smallest absolute Gasteiger partial charge is 0.415 e. The number of ether oxygens (including phenoxy) is 1. The second-order valence-electron chi connectivity index (χ2n) is 10.4. The van der Waals surface area contributed by atoms with E-state index in [0.29, 0.717) is 18.5 Å². The van der Waals surface area contributed by atoms with Gasteiger partial charge in [0, 0.05) is 62.0 Å². The zero-order chi connectivity index (χ0) is 25.3. The second kappa shape index (κ2) is 9.88. The fourth-order valence-corrected chi connectivity index (χ4v) is 5.58. The van der Waals surface area contributed by atoms with E-state index in [1.54, 1.807) is 4.90 Å². The summed E-state index contributed by atoms with van der Waals surface area (Å²) in [5.74, 6) is 0.698. The third kappa shape index (κ3) is 4.66. The molecule has 4 heterocycles. The Kier molecular flexibility index (Phi) is 6.65. The molecular formula is C28H32N4O4. The first-order valence-electron chi connectivity index (χ1n) is 12.7. The van der Waals surface area contributed by atoms with Crippen molar-refractivity contribution in [2.24, 2.45) is 0 Å². The summed E-state index contributed by atoms with van der Waals surface area (Å²) in [5.41, 5.74) is 4.55. The number of carbonyl (C=O) groups excluding carboxylic acids is 3. The highest BCUT2D eigenvalue weighted by molar-refractivity contribution is 5.90. The molecule has 1 aliphatic carbocycles. The fraction of sp³-hybridized carbons (Fsp3) is 0.464. The number of nitrogens with zero attached hydrogens (tertiary/aromatic N) is 4. The molecule has 2 aliphatic heterocycles. The van der Waals surface area contributed by atoms with Gasteiger partial charge in [0.15, 0.2) is 0 Å². The molecule has 3 aromatic rings. The lowest BCUT2D eigenvalue weighted by Crippen LogP contribution is -2.46. The molecule has 36 heavy (non-hydrogen) atoms. The maximum absolute atomic E-state index is 12.6. The molecule has 2 saturated heterocycles. The first-order chi connectivity index (χ1) is 17.4. The van der Waals surface area contributed by atoms with Gasteiger partial charge in [-0.05, 0) is 61.9 Å². The lowest BCUT2D eigenvalue weighted by atomic mass is 9.91. The minimum atomic E-state index is -0.365. The highest BCUT2D eigenvalue weighted by Crippen LogP contribution is 2.44. The first kappa shape index (κ1) is 24.2. The number of rotatable bonds is 5. The summed E-state index contributed by atoms with van der Waals surface area (Å²) in [6.07, 6.45) is 8.68. The van der Waals surface area contributed by atoms with Crippen LogP contribution in [0.25, 0.3) is 11.0 Å². The number of amides is 1. The van der Waals surface area contributed by atoms with Gasteiger partial charge in [-0.3, -0.25) is 9.80 Å². The Morgan fingerprint density at radius 2 is 1.81 bits per heavy atom. The number of hydrogen-bond donors (Lipinski definition) is 0. The van der Waals surface area contributed by atoms with E-state index in [-0.39, 0.29) is 17.8 Å². The summed E-state index contributed by atoms with van der Waals surface area (Å²) in [6, 6.07) is 12.5. The molecule has 0 bridgehead atoms. The van der Waals surface area contributed by atoms with Gasteiger partial charge in [-0.1, -0.05) is 18.2 Å². The highest BCUT2D eigenvalue weighted by Gasteiger charge is 2.47. The van der Waals surface area contributed by atoms with E-state index in [4.69, 9.17) is 19.3 Å². The van der Waals surface area contributed by atoms with Crippen LogP contribution >= 0.6 is 0 Å². The van der Waals surface area contributed by atoms with Crippen molar-refractivity contribution >= 4 is 29.0 Å². The normalized spacial score (nSPS) is 19.3. The Labute approximate surface area is 210 Å². The monoisotopic (exact) mass is 488 g/mol. The number of fused-ring (bicyclic) bond motifs is 1. The molecule has 0 atom stereocenters.